The van der Waals surface area contributed by atoms with Crippen molar-refractivity contribution in [2.24, 2.45) is 10.9 Å². The second kappa shape index (κ2) is 6.69. The Hall–Kier alpha value is -1.16. The standard InChI is InChI=1S/C14H20N2OS/c1-11-9-16-14(18-10-11)15-8-7-12-3-5-13(17-2)6-4-12/h3-6,11H,7-10H2,1-2H3,(H,15,16). The molecule has 3 nitrogen and oxygen atoms in total. The van der Waals surface area contributed by atoms with Crippen molar-refractivity contribution in [2.45, 2.75) is 13.3 Å². The predicted molar refractivity (Wildman–Crippen MR) is 78.6 cm³/mol. The van der Waals surface area contributed by atoms with E-state index in [9.17, 15) is 0 Å². The number of amidine groups is 1. The molecule has 2 rings (SSSR count). The second-order valence-electron chi connectivity index (χ2n) is 4.59. The molecule has 0 fully saturated rings. The lowest BCUT2D eigenvalue weighted by atomic mass is 10.1. The molecule has 4 heteroatoms. The van der Waals surface area contributed by atoms with Gasteiger partial charge in [0.1, 0.15) is 5.75 Å². The molecule has 1 aromatic rings. The van der Waals surface area contributed by atoms with Crippen LogP contribution in [-0.4, -0.2) is 31.1 Å². The van der Waals surface area contributed by atoms with Crippen LogP contribution in [0.4, 0.5) is 0 Å². The molecule has 1 heterocycles. The lowest BCUT2D eigenvalue weighted by molar-refractivity contribution is 0.414. The van der Waals surface area contributed by atoms with Gasteiger partial charge in [0, 0.05) is 18.8 Å². The van der Waals surface area contributed by atoms with Crippen LogP contribution >= 0.6 is 11.8 Å². The molecule has 1 unspecified atom stereocenters. The number of thioether (sulfide) groups is 1. The molecule has 1 aromatic carbocycles. The average molecular weight is 264 g/mol. The number of nitrogens with one attached hydrogen (secondary N) is 1. The summed E-state index contributed by atoms with van der Waals surface area (Å²) in [6.07, 6.45) is 1.01. The van der Waals surface area contributed by atoms with Gasteiger partial charge >= 0.3 is 0 Å². The first-order chi connectivity index (χ1) is 8.78. The van der Waals surface area contributed by atoms with Crippen LogP contribution in [0.1, 0.15) is 12.5 Å². The molecule has 1 aliphatic rings. The number of aliphatic imine (C=N–C) groups is 1. The number of nitrogens with zero attached hydrogens (tertiary/aromatic N) is 1. The smallest absolute Gasteiger partial charge is 0.156 e. The minimum Gasteiger partial charge on any atom is -0.497 e. The van der Waals surface area contributed by atoms with E-state index in [2.05, 4.69) is 29.4 Å². The average Bonchev–Trinajstić information content (AvgIpc) is 2.42. The van der Waals surface area contributed by atoms with Crippen LogP contribution in [-0.2, 0) is 6.42 Å². The summed E-state index contributed by atoms with van der Waals surface area (Å²) in [5, 5.41) is 4.50. The van der Waals surface area contributed by atoms with Crippen LogP contribution in [0.3, 0.4) is 0 Å². The van der Waals surface area contributed by atoms with Gasteiger partial charge < -0.3 is 10.1 Å². The zero-order valence-corrected chi connectivity index (χ0v) is 11.8. The fourth-order valence-corrected chi connectivity index (χ4v) is 2.69. The summed E-state index contributed by atoms with van der Waals surface area (Å²) in [6, 6.07) is 8.23. The Morgan fingerprint density at radius 1 is 1.39 bits per heavy atom. The minimum atomic E-state index is 0.710. The van der Waals surface area contributed by atoms with Crippen molar-refractivity contribution in [2.75, 3.05) is 26.0 Å². The van der Waals surface area contributed by atoms with Crippen LogP contribution in [0.25, 0.3) is 0 Å². The first-order valence-corrected chi connectivity index (χ1v) is 7.30. The van der Waals surface area contributed by atoms with E-state index < -0.39 is 0 Å². The quantitative estimate of drug-likeness (QED) is 0.907. The maximum Gasteiger partial charge on any atom is 0.156 e. The highest BCUT2D eigenvalue weighted by Gasteiger charge is 2.11. The van der Waals surface area contributed by atoms with Crippen molar-refractivity contribution >= 4 is 16.9 Å². The van der Waals surface area contributed by atoms with Crippen LogP contribution in [0.2, 0.25) is 0 Å². The zero-order chi connectivity index (χ0) is 12.8. The molecule has 0 amide bonds. The van der Waals surface area contributed by atoms with Gasteiger partial charge in [-0.1, -0.05) is 30.8 Å². The van der Waals surface area contributed by atoms with Crippen LogP contribution in [0, 0.1) is 5.92 Å². The van der Waals surface area contributed by atoms with Gasteiger partial charge in [0.2, 0.25) is 0 Å². The summed E-state index contributed by atoms with van der Waals surface area (Å²) in [5.74, 6) is 2.80. The van der Waals surface area contributed by atoms with Crippen LogP contribution in [0.5, 0.6) is 5.75 Å². The van der Waals surface area contributed by atoms with E-state index in [1.54, 1.807) is 7.11 Å². The Balaban J connectivity index is 1.74. The predicted octanol–water partition coefficient (Wildman–Crippen LogP) is 2.57. The van der Waals surface area contributed by atoms with E-state index in [1.807, 2.05) is 23.9 Å². The maximum absolute atomic E-state index is 5.14. The topological polar surface area (TPSA) is 33.6 Å². The van der Waals surface area contributed by atoms with Gasteiger partial charge in [0.05, 0.1) is 7.11 Å². The monoisotopic (exact) mass is 264 g/mol. The Labute approximate surface area is 113 Å². The van der Waals surface area contributed by atoms with E-state index >= 15 is 0 Å². The second-order valence-corrected chi connectivity index (χ2v) is 5.60. The van der Waals surface area contributed by atoms with Crippen molar-refractivity contribution in [1.29, 1.82) is 0 Å². The van der Waals surface area contributed by atoms with Crippen LogP contribution in [0.15, 0.2) is 29.3 Å². The largest absolute Gasteiger partial charge is 0.497 e. The maximum atomic E-state index is 5.14. The third-order valence-corrected chi connectivity index (χ3v) is 4.18. The molecule has 0 spiro atoms. The van der Waals surface area contributed by atoms with Crippen LogP contribution < -0.4 is 10.1 Å². The Morgan fingerprint density at radius 2 is 2.17 bits per heavy atom. The molecule has 1 N–H and O–H groups in total. The van der Waals surface area contributed by atoms with Gasteiger partial charge in [-0.25, -0.2) is 0 Å². The molecule has 1 aliphatic heterocycles. The van der Waals surface area contributed by atoms with Gasteiger partial charge in [-0.2, -0.15) is 0 Å². The SMILES string of the molecule is COc1ccc(CCNC2=NCC(C)CS2)cc1. The van der Waals surface area contributed by atoms with E-state index in [-0.39, 0.29) is 0 Å². The fourth-order valence-electron chi connectivity index (χ4n) is 1.77. The highest BCUT2D eigenvalue weighted by atomic mass is 32.2. The first kappa shape index (κ1) is 13.3. The summed E-state index contributed by atoms with van der Waals surface area (Å²) in [7, 11) is 1.69. The van der Waals surface area contributed by atoms with Crippen molar-refractivity contribution in [3.8, 4) is 5.75 Å². The van der Waals surface area contributed by atoms with Crippen molar-refractivity contribution in [3.05, 3.63) is 29.8 Å². The van der Waals surface area contributed by atoms with Gasteiger partial charge in [-0.15, -0.1) is 0 Å². The molecule has 18 heavy (non-hydrogen) atoms. The minimum absolute atomic E-state index is 0.710. The number of hydrogen-bond acceptors (Lipinski definition) is 4. The molecule has 98 valence electrons. The lowest BCUT2D eigenvalue weighted by Gasteiger charge is -2.17. The Kier molecular flexibility index (Phi) is 4.93. The molecule has 0 aromatic heterocycles. The van der Waals surface area contributed by atoms with E-state index in [0.717, 1.165) is 30.4 Å². The van der Waals surface area contributed by atoms with Crippen molar-refractivity contribution < 1.29 is 4.74 Å². The molecule has 0 saturated heterocycles. The number of hydrogen-bond donors (Lipinski definition) is 1. The highest BCUT2D eigenvalue weighted by molar-refractivity contribution is 8.13. The van der Waals surface area contributed by atoms with Gasteiger partial charge in [-0.05, 0) is 30.0 Å². The highest BCUT2D eigenvalue weighted by Crippen LogP contribution is 2.16. The molecule has 0 aliphatic carbocycles. The summed E-state index contributed by atoms with van der Waals surface area (Å²) in [4.78, 5) is 4.52. The summed E-state index contributed by atoms with van der Waals surface area (Å²) < 4.78 is 5.14. The molecule has 1 atom stereocenters. The van der Waals surface area contributed by atoms with Gasteiger partial charge in [0.15, 0.2) is 5.17 Å². The van der Waals surface area contributed by atoms with E-state index in [0.29, 0.717) is 5.92 Å². The molecular formula is C14H20N2OS. The van der Waals surface area contributed by atoms with E-state index in [1.165, 1.54) is 11.3 Å². The van der Waals surface area contributed by atoms with Crippen molar-refractivity contribution in [3.63, 3.8) is 0 Å². The zero-order valence-electron chi connectivity index (χ0n) is 11.0. The molecule has 0 bridgehead atoms. The normalized spacial score (nSPS) is 19.2. The van der Waals surface area contributed by atoms with Gasteiger partial charge in [0.25, 0.3) is 0 Å². The first-order valence-electron chi connectivity index (χ1n) is 6.32. The van der Waals surface area contributed by atoms with E-state index in [4.69, 9.17) is 4.74 Å². The molecular weight excluding hydrogens is 244 g/mol. The number of rotatable bonds is 4. The molecule has 0 saturated carbocycles. The van der Waals surface area contributed by atoms with Gasteiger partial charge in [-0.3, -0.25) is 4.99 Å². The lowest BCUT2D eigenvalue weighted by Crippen LogP contribution is -2.27. The number of ether oxygens (including phenoxy) is 1. The third-order valence-electron chi connectivity index (χ3n) is 2.90. The van der Waals surface area contributed by atoms with Crippen molar-refractivity contribution in [1.82, 2.24) is 5.32 Å². The fraction of sp³-hybridized carbons (Fsp3) is 0.500. The number of benzene rings is 1. The summed E-state index contributed by atoms with van der Waals surface area (Å²) >= 11 is 1.83. The number of methoxy groups -OCH3 is 1. The summed E-state index contributed by atoms with van der Waals surface area (Å²) in [6.45, 7) is 4.13. The molecule has 0 radical (unpaired) electrons. The summed E-state index contributed by atoms with van der Waals surface area (Å²) in [5.41, 5.74) is 1.32. The Morgan fingerprint density at radius 3 is 2.78 bits per heavy atom. The third kappa shape index (κ3) is 3.95. The Bertz CT molecular complexity index is 403.